The highest BCUT2D eigenvalue weighted by Gasteiger charge is 2.25. The van der Waals surface area contributed by atoms with E-state index in [4.69, 9.17) is 9.78 Å². The Morgan fingerprint density at radius 1 is 1.37 bits per heavy atom. The van der Waals surface area contributed by atoms with Crippen molar-refractivity contribution in [2.45, 2.75) is 57.1 Å². The molecule has 1 aromatic rings. The van der Waals surface area contributed by atoms with E-state index in [9.17, 15) is 0 Å². The normalized spacial score (nSPS) is 23.2. The fourth-order valence-electron chi connectivity index (χ4n) is 2.79. The van der Waals surface area contributed by atoms with Crippen LogP contribution in [0.25, 0.3) is 0 Å². The molecule has 1 aromatic heterocycles. The van der Waals surface area contributed by atoms with Crippen molar-refractivity contribution >= 4 is 11.8 Å². The minimum absolute atomic E-state index is 0.472. The van der Waals surface area contributed by atoms with E-state index in [-0.39, 0.29) is 0 Å². The summed E-state index contributed by atoms with van der Waals surface area (Å²) in [4.78, 5) is 4.47. The van der Waals surface area contributed by atoms with Crippen LogP contribution in [0.3, 0.4) is 0 Å². The Labute approximate surface area is 119 Å². The number of nitriles is 1. The summed E-state index contributed by atoms with van der Waals surface area (Å²) in [6, 6.07) is 2.10. The van der Waals surface area contributed by atoms with Crippen molar-refractivity contribution in [1.82, 2.24) is 10.1 Å². The second-order valence-electron chi connectivity index (χ2n) is 5.20. The van der Waals surface area contributed by atoms with Gasteiger partial charge in [0.2, 0.25) is 5.89 Å². The number of hydrogen-bond acceptors (Lipinski definition) is 5. The van der Waals surface area contributed by atoms with Crippen LogP contribution < -0.4 is 0 Å². The summed E-state index contributed by atoms with van der Waals surface area (Å²) in [6.45, 7) is 2.26. The van der Waals surface area contributed by atoms with Crippen molar-refractivity contribution in [3.63, 3.8) is 0 Å². The monoisotopic (exact) mass is 279 g/mol. The molecule has 4 nitrogen and oxygen atoms in total. The van der Waals surface area contributed by atoms with Gasteiger partial charge in [0.25, 0.3) is 0 Å². The summed E-state index contributed by atoms with van der Waals surface area (Å²) >= 11 is 1.52. The van der Waals surface area contributed by atoms with E-state index in [1.165, 1.54) is 50.3 Å². The van der Waals surface area contributed by atoms with Gasteiger partial charge in [-0.1, -0.05) is 24.9 Å². The zero-order chi connectivity index (χ0) is 13.5. The first-order valence-corrected chi connectivity index (χ1v) is 8.26. The standard InChI is InChI=1S/C14H21N3OS/c1-2-3-11-4-6-12(7-5-11)14-16-13(18-17-14)10-19-9-8-15/h11-12H,2-7,9-10H2,1H3. The topological polar surface area (TPSA) is 62.7 Å². The smallest absolute Gasteiger partial charge is 0.236 e. The first-order chi connectivity index (χ1) is 9.33. The summed E-state index contributed by atoms with van der Waals surface area (Å²) in [5, 5.41) is 12.6. The molecular weight excluding hydrogens is 258 g/mol. The van der Waals surface area contributed by atoms with Crippen LogP contribution in [0.1, 0.15) is 63.1 Å². The molecule has 19 heavy (non-hydrogen) atoms. The molecule has 0 unspecified atom stereocenters. The van der Waals surface area contributed by atoms with E-state index in [2.05, 4.69) is 23.1 Å². The van der Waals surface area contributed by atoms with Crippen LogP contribution in [0.4, 0.5) is 0 Å². The molecule has 0 atom stereocenters. The quantitative estimate of drug-likeness (QED) is 0.739. The highest BCUT2D eigenvalue weighted by molar-refractivity contribution is 7.98. The second kappa shape index (κ2) is 7.54. The summed E-state index contributed by atoms with van der Waals surface area (Å²) in [7, 11) is 0. The molecule has 0 saturated heterocycles. The molecule has 0 bridgehead atoms. The van der Waals surface area contributed by atoms with Crippen LogP contribution in [0.2, 0.25) is 0 Å². The molecule has 0 aliphatic heterocycles. The third-order valence-electron chi connectivity index (χ3n) is 3.78. The summed E-state index contributed by atoms with van der Waals surface area (Å²) in [5.41, 5.74) is 0. The maximum absolute atomic E-state index is 8.48. The molecule has 1 heterocycles. The van der Waals surface area contributed by atoms with Gasteiger partial charge in [0, 0.05) is 5.92 Å². The fraction of sp³-hybridized carbons (Fsp3) is 0.786. The molecule has 2 rings (SSSR count). The van der Waals surface area contributed by atoms with Crippen LogP contribution in [0.5, 0.6) is 0 Å². The summed E-state index contributed by atoms with van der Waals surface area (Å²) in [5.74, 6) is 4.03. The molecule has 1 saturated carbocycles. The van der Waals surface area contributed by atoms with Crippen molar-refractivity contribution in [2.24, 2.45) is 5.92 Å². The van der Waals surface area contributed by atoms with Crippen molar-refractivity contribution in [3.05, 3.63) is 11.7 Å². The summed E-state index contributed by atoms with van der Waals surface area (Å²) < 4.78 is 5.25. The minimum atomic E-state index is 0.472. The van der Waals surface area contributed by atoms with Gasteiger partial charge in [0.1, 0.15) is 0 Å². The maximum Gasteiger partial charge on any atom is 0.236 e. The zero-order valence-electron chi connectivity index (χ0n) is 11.5. The van der Waals surface area contributed by atoms with Crippen LogP contribution in [0, 0.1) is 17.2 Å². The van der Waals surface area contributed by atoms with Crippen molar-refractivity contribution < 1.29 is 4.52 Å². The number of rotatable bonds is 6. The molecule has 5 heteroatoms. The molecular formula is C14H21N3OS. The maximum atomic E-state index is 8.48. The Morgan fingerprint density at radius 3 is 2.84 bits per heavy atom. The van der Waals surface area contributed by atoms with Gasteiger partial charge in [-0.05, 0) is 31.6 Å². The van der Waals surface area contributed by atoms with Gasteiger partial charge in [0.05, 0.1) is 17.6 Å². The highest BCUT2D eigenvalue weighted by atomic mass is 32.2. The zero-order valence-corrected chi connectivity index (χ0v) is 12.3. The lowest BCUT2D eigenvalue weighted by molar-refractivity contribution is 0.295. The van der Waals surface area contributed by atoms with E-state index in [0.717, 1.165) is 11.7 Å². The lowest BCUT2D eigenvalue weighted by Crippen LogP contribution is -2.14. The third-order valence-corrected chi connectivity index (χ3v) is 4.57. The first-order valence-electron chi connectivity index (χ1n) is 7.10. The summed E-state index contributed by atoms with van der Waals surface area (Å²) in [6.07, 6.45) is 7.62. The van der Waals surface area contributed by atoms with Crippen molar-refractivity contribution in [2.75, 3.05) is 5.75 Å². The Hall–Kier alpha value is -1.02. The van der Waals surface area contributed by atoms with E-state index >= 15 is 0 Å². The number of thioether (sulfide) groups is 1. The van der Waals surface area contributed by atoms with Crippen LogP contribution in [0.15, 0.2) is 4.52 Å². The molecule has 1 aliphatic carbocycles. The molecule has 1 fully saturated rings. The highest BCUT2D eigenvalue weighted by Crippen LogP contribution is 2.36. The Kier molecular flexibility index (Phi) is 5.71. The second-order valence-corrected chi connectivity index (χ2v) is 6.19. The average Bonchev–Trinajstić information content (AvgIpc) is 2.89. The van der Waals surface area contributed by atoms with Gasteiger partial charge < -0.3 is 4.52 Å². The van der Waals surface area contributed by atoms with Crippen LogP contribution in [-0.2, 0) is 5.75 Å². The fourth-order valence-corrected chi connectivity index (χ4v) is 3.28. The van der Waals surface area contributed by atoms with Crippen molar-refractivity contribution in [1.29, 1.82) is 5.26 Å². The lowest BCUT2D eigenvalue weighted by atomic mass is 9.80. The Morgan fingerprint density at radius 2 is 2.16 bits per heavy atom. The predicted molar refractivity (Wildman–Crippen MR) is 75.7 cm³/mol. The Balaban J connectivity index is 1.81. The first kappa shape index (κ1) is 14.4. The number of nitrogens with zero attached hydrogens (tertiary/aromatic N) is 3. The largest absolute Gasteiger partial charge is 0.338 e. The number of hydrogen-bond donors (Lipinski definition) is 0. The van der Waals surface area contributed by atoms with Crippen LogP contribution in [-0.4, -0.2) is 15.9 Å². The average molecular weight is 279 g/mol. The predicted octanol–water partition coefficient (Wildman–Crippen LogP) is 3.90. The van der Waals surface area contributed by atoms with Gasteiger partial charge in [-0.3, -0.25) is 0 Å². The van der Waals surface area contributed by atoms with Gasteiger partial charge in [0.15, 0.2) is 5.82 Å². The molecule has 0 N–H and O–H groups in total. The molecule has 0 amide bonds. The van der Waals surface area contributed by atoms with E-state index < -0.39 is 0 Å². The molecule has 0 spiro atoms. The minimum Gasteiger partial charge on any atom is -0.338 e. The molecule has 104 valence electrons. The molecule has 0 radical (unpaired) electrons. The Bertz CT molecular complexity index is 419. The number of aromatic nitrogens is 2. The third kappa shape index (κ3) is 4.24. The van der Waals surface area contributed by atoms with E-state index in [0.29, 0.717) is 23.3 Å². The SMILES string of the molecule is CCCC1CCC(c2noc(CSCC#N)n2)CC1. The van der Waals surface area contributed by atoms with E-state index in [1.54, 1.807) is 0 Å². The van der Waals surface area contributed by atoms with Crippen LogP contribution >= 0.6 is 11.8 Å². The molecule has 1 aliphatic rings. The molecule has 0 aromatic carbocycles. The van der Waals surface area contributed by atoms with Gasteiger partial charge in [-0.2, -0.15) is 10.2 Å². The van der Waals surface area contributed by atoms with Crippen molar-refractivity contribution in [3.8, 4) is 6.07 Å². The van der Waals surface area contributed by atoms with Gasteiger partial charge in [-0.15, -0.1) is 11.8 Å². The lowest BCUT2D eigenvalue weighted by Gasteiger charge is -2.26. The van der Waals surface area contributed by atoms with Gasteiger partial charge >= 0.3 is 0 Å². The van der Waals surface area contributed by atoms with Gasteiger partial charge in [-0.25, -0.2) is 0 Å². The van der Waals surface area contributed by atoms with E-state index in [1.807, 2.05) is 0 Å².